The number of carbonyl (C=O) groups excluding carboxylic acids is 1. The lowest BCUT2D eigenvalue weighted by Crippen LogP contribution is -2.06. The van der Waals surface area contributed by atoms with E-state index >= 15 is 0 Å². The number of ether oxygens (including phenoxy) is 2. The molecule has 0 saturated heterocycles. The summed E-state index contributed by atoms with van der Waals surface area (Å²) < 4.78 is 9.89. The standard InChI is InChI=1S/C13H15NO3S/c1-3-17-13(15)9-18-8-10-4-5-12(16-2)11(6-10)7-14/h4-6H,3,8-9H2,1-2H3. The van der Waals surface area contributed by atoms with Crippen molar-refractivity contribution < 1.29 is 14.3 Å². The zero-order valence-corrected chi connectivity index (χ0v) is 11.3. The molecular formula is C13H15NO3S. The molecule has 96 valence electrons. The summed E-state index contributed by atoms with van der Waals surface area (Å²) in [6.45, 7) is 2.19. The fourth-order valence-electron chi connectivity index (χ4n) is 1.39. The van der Waals surface area contributed by atoms with E-state index in [1.807, 2.05) is 6.07 Å². The summed E-state index contributed by atoms with van der Waals surface area (Å²) in [5.74, 6) is 1.34. The first-order valence-electron chi connectivity index (χ1n) is 5.51. The van der Waals surface area contributed by atoms with Crippen molar-refractivity contribution in [2.45, 2.75) is 12.7 Å². The third-order valence-electron chi connectivity index (χ3n) is 2.18. The van der Waals surface area contributed by atoms with E-state index in [4.69, 9.17) is 14.7 Å². The molecule has 0 aromatic heterocycles. The highest BCUT2D eigenvalue weighted by Gasteiger charge is 2.05. The maximum atomic E-state index is 11.1. The van der Waals surface area contributed by atoms with Crippen molar-refractivity contribution in [3.63, 3.8) is 0 Å². The summed E-state index contributed by atoms with van der Waals surface area (Å²) in [6.07, 6.45) is 0. The molecule has 1 aromatic carbocycles. The Kier molecular flexibility index (Phi) is 6.09. The molecule has 0 atom stereocenters. The number of methoxy groups -OCH3 is 1. The van der Waals surface area contributed by atoms with E-state index in [9.17, 15) is 4.79 Å². The van der Waals surface area contributed by atoms with Gasteiger partial charge in [-0.25, -0.2) is 0 Å². The van der Waals surface area contributed by atoms with Crippen LogP contribution in [0, 0.1) is 11.3 Å². The van der Waals surface area contributed by atoms with Crippen LogP contribution >= 0.6 is 11.8 Å². The predicted octanol–water partition coefficient (Wildman–Crippen LogP) is 2.36. The summed E-state index contributed by atoms with van der Waals surface area (Å²) in [5, 5.41) is 8.95. The lowest BCUT2D eigenvalue weighted by atomic mass is 10.1. The molecule has 0 bridgehead atoms. The number of hydrogen-bond donors (Lipinski definition) is 0. The van der Waals surface area contributed by atoms with Crippen molar-refractivity contribution in [1.29, 1.82) is 5.26 Å². The van der Waals surface area contributed by atoms with Gasteiger partial charge in [0, 0.05) is 5.75 Å². The molecule has 1 aromatic rings. The Bertz CT molecular complexity index is 454. The molecule has 0 saturated carbocycles. The Labute approximate surface area is 111 Å². The van der Waals surface area contributed by atoms with Crippen molar-refractivity contribution >= 4 is 17.7 Å². The topological polar surface area (TPSA) is 59.3 Å². The summed E-state index contributed by atoms with van der Waals surface area (Å²) in [4.78, 5) is 11.1. The van der Waals surface area contributed by atoms with E-state index in [0.29, 0.717) is 29.4 Å². The van der Waals surface area contributed by atoms with Gasteiger partial charge in [-0.3, -0.25) is 4.79 Å². The Balaban J connectivity index is 2.53. The van der Waals surface area contributed by atoms with Crippen molar-refractivity contribution in [2.24, 2.45) is 0 Å². The van der Waals surface area contributed by atoms with Crippen molar-refractivity contribution in [1.82, 2.24) is 0 Å². The molecule has 0 aliphatic rings. The van der Waals surface area contributed by atoms with Crippen LogP contribution in [0.5, 0.6) is 5.75 Å². The fourth-order valence-corrected chi connectivity index (χ4v) is 2.15. The Morgan fingerprint density at radius 3 is 2.89 bits per heavy atom. The number of benzene rings is 1. The molecule has 18 heavy (non-hydrogen) atoms. The highest BCUT2D eigenvalue weighted by molar-refractivity contribution is 7.99. The largest absolute Gasteiger partial charge is 0.495 e. The molecule has 0 fully saturated rings. The Morgan fingerprint density at radius 2 is 2.28 bits per heavy atom. The number of esters is 1. The van der Waals surface area contributed by atoms with E-state index in [1.165, 1.54) is 18.9 Å². The number of rotatable bonds is 6. The Morgan fingerprint density at radius 1 is 1.50 bits per heavy atom. The molecule has 5 heteroatoms. The number of hydrogen-bond acceptors (Lipinski definition) is 5. The molecule has 0 N–H and O–H groups in total. The second-order valence-electron chi connectivity index (χ2n) is 3.44. The van der Waals surface area contributed by atoms with Gasteiger partial charge >= 0.3 is 5.97 Å². The molecule has 0 aliphatic carbocycles. The van der Waals surface area contributed by atoms with Crippen molar-refractivity contribution in [3.05, 3.63) is 29.3 Å². The zero-order chi connectivity index (χ0) is 13.4. The van der Waals surface area contributed by atoms with Crippen LogP contribution in [0.3, 0.4) is 0 Å². The van der Waals surface area contributed by atoms with Gasteiger partial charge in [-0.2, -0.15) is 5.26 Å². The molecule has 0 amide bonds. The third kappa shape index (κ3) is 4.30. The monoisotopic (exact) mass is 265 g/mol. The highest BCUT2D eigenvalue weighted by Crippen LogP contribution is 2.21. The van der Waals surface area contributed by atoms with Crippen LogP contribution in [0.2, 0.25) is 0 Å². The van der Waals surface area contributed by atoms with E-state index in [2.05, 4.69) is 6.07 Å². The van der Waals surface area contributed by atoms with Gasteiger partial charge in [0.2, 0.25) is 0 Å². The molecular weight excluding hydrogens is 250 g/mol. The van der Waals surface area contributed by atoms with Gasteiger partial charge in [0.15, 0.2) is 0 Å². The van der Waals surface area contributed by atoms with Gasteiger partial charge in [-0.1, -0.05) is 6.07 Å². The first kappa shape index (κ1) is 14.4. The number of nitriles is 1. The normalized spacial score (nSPS) is 9.61. The van der Waals surface area contributed by atoms with Gasteiger partial charge < -0.3 is 9.47 Å². The van der Waals surface area contributed by atoms with Gasteiger partial charge in [-0.05, 0) is 24.6 Å². The van der Waals surface area contributed by atoms with E-state index in [0.717, 1.165) is 5.56 Å². The maximum Gasteiger partial charge on any atom is 0.315 e. The summed E-state index contributed by atoms with van der Waals surface area (Å²) in [7, 11) is 1.53. The van der Waals surface area contributed by atoms with Crippen LogP contribution in [-0.2, 0) is 15.3 Å². The number of carbonyl (C=O) groups is 1. The second kappa shape index (κ2) is 7.62. The van der Waals surface area contributed by atoms with Crippen LogP contribution in [0.25, 0.3) is 0 Å². The first-order valence-corrected chi connectivity index (χ1v) is 6.67. The maximum absolute atomic E-state index is 11.1. The molecule has 0 spiro atoms. The minimum Gasteiger partial charge on any atom is -0.495 e. The Hall–Kier alpha value is -1.67. The average molecular weight is 265 g/mol. The molecule has 0 radical (unpaired) electrons. The predicted molar refractivity (Wildman–Crippen MR) is 70.5 cm³/mol. The van der Waals surface area contributed by atoms with Gasteiger partial charge in [0.1, 0.15) is 11.8 Å². The summed E-state index contributed by atoms with van der Waals surface area (Å²) in [5.41, 5.74) is 1.49. The number of nitrogens with zero attached hydrogens (tertiary/aromatic N) is 1. The summed E-state index contributed by atoms with van der Waals surface area (Å²) in [6, 6.07) is 7.50. The molecule has 0 unspecified atom stereocenters. The minimum atomic E-state index is -0.212. The molecule has 1 rings (SSSR count). The molecule has 0 aliphatic heterocycles. The van der Waals surface area contributed by atoms with Gasteiger partial charge in [0.05, 0.1) is 25.0 Å². The zero-order valence-electron chi connectivity index (χ0n) is 10.4. The van der Waals surface area contributed by atoms with Crippen molar-refractivity contribution in [3.8, 4) is 11.8 Å². The van der Waals surface area contributed by atoms with Crippen LogP contribution in [0.15, 0.2) is 18.2 Å². The van der Waals surface area contributed by atoms with Crippen LogP contribution < -0.4 is 4.74 Å². The lowest BCUT2D eigenvalue weighted by molar-refractivity contribution is -0.139. The smallest absolute Gasteiger partial charge is 0.315 e. The second-order valence-corrected chi connectivity index (χ2v) is 4.43. The van der Waals surface area contributed by atoms with Crippen LogP contribution in [0.4, 0.5) is 0 Å². The van der Waals surface area contributed by atoms with E-state index < -0.39 is 0 Å². The average Bonchev–Trinajstić information content (AvgIpc) is 2.38. The van der Waals surface area contributed by atoms with E-state index in [1.54, 1.807) is 19.1 Å². The van der Waals surface area contributed by atoms with Gasteiger partial charge in [-0.15, -0.1) is 11.8 Å². The van der Waals surface area contributed by atoms with E-state index in [-0.39, 0.29) is 5.97 Å². The quantitative estimate of drug-likeness (QED) is 0.739. The number of thioether (sulfide) groups is 1. The van der Waals surface area contributed by atoms with Crippen LogP contribution in [-0.4, -0.2) is 25.4 Å². The fraction of sp³-hybridized carbons (Fsp3) is 0.385. The first-order chi connectivity index (χ1) is 8.71. The summed E-state index contributed by atoms with van der Waals surface area (Å²) >= 11 is 1.46. The highest BCUT2D eigenvalue weighted by atomic mass is 32.2. The van der Waals surface area contributed by atoms with Crippen molar-refractivity contribution in [2.75, 3.05) is 19.5 Å². The third-order valence-corrected chi connectivity index (χ3v) is 3.16. The lowest BCUT2D eigenvalue weighted by Gasteiger charge is -2.06. The minimum absolute atomic E-state index is 0.212. The van der Waals surface area contributed by atoms with Crippen LogP contribution in [0.1, 0.15) is 18.1 Å². The molecule has 0 heterocycles. The SMILES string of the molecule is CCOC(=O)CSCc1ccc(OC)c(C#N)c1. The van der Waals surface area contributed by atoms with Gasteiger partial charge in [0.25, 0.3) is 0 Å². The molecule has 4 nitrogen and oxygen atoms in total.